The summed E-state index contributed by atoms with van der Waals surface area (Å²) < 4.78 is 10.6. The van der Waals surface area contributed by atoms with E-state index < -0.39 is 16.8 Å². The first kappa shape index (κ1) is 24.1. The number of carbonyl (C=O) groups excluding carboxylic acids is 2. The Morgan fingerprint density at radius 2 is 1.81 bits per heavy atom. The lowest BCUT2D eigenvalue weighted by atomic mass is 10.1. The predicted molar refractivity (Wildman–Crippen MR) is 118 cm³/mol. The molecule has 0 spiro atoms. The van der Waals surface area contributed by atoms with E-state index in [1.807, 2.05) is 0 Å². The van der Waals surface area contributed by atoms with Crippen LogP contribution in [0.1, 0.15) is 45.6 Å². The van der Waals surface area contributed by atoms with E-state index in [9.17, 15) is 19.7 Å². The van der Waals surface area contributed by atoms with Gasteiger partial charge in [0.2, 0.25) is 5.91 Å². The first-order chi connectivity index (χ1) is 14.7. The van der Waals surface area contributed by atoms with Crippen molar-refractivity contribution in [1.29, 1.82) is 0 Å². The van der Waals surface area contributed by atoms with Crippen LogP contribution in [0.15, 0.2) is 36.4 Å². The van der Waals surface area contributed by atoms with Crippen LogP contribution in [0.25, 0.3) is 0 Å². The molecule has 0 heterocycles. The smallest absolute Gasteiger partial charge is 0.308 e. The average Bonchev–Trinajstić information content (AvgIpc) is 2.70. The topological polar surface area (TPSA) is 99.0 Å². The number of nitro groups is 1. The molecule has 2 rings (SSSR count). The first-order valence-corrected chi connectivity index (χ1v) is 10.3. The van der Waals surface area contributed by atoms with Crippen molar-refractivity contribution in [3.63, 3.8) is 0 Å². The third-order valence-corrected chi connectivity index (χ3v) is 4.80. The van der Waals surface area contributed by atoms with E-state index >= 15 is 0 Å². The fourth-order valence-electron chi connectivity index (χ4n) is 2.93. The summed E-state index contributed by atoms with van der Waals surface area (Å²) in [4.78, 5) is 35.7. The standard InChI is InChI=1S/C22H25ClN2O6/c1-4-5-6-11-30-18-8-7-17(20(23)12-18)14-24(15(2)26)21-10-9-19(31-16(3)27)13-22(21)25(28)29/h7-10,12-13H,4-6,11,14H2,1-3H3. The summed E-state index contributed by atoms with van der Waals surface area (Å²) in [5.41, 5.74) is 0.321. The molecule has 0 aliphatic carbocycles. The number of esters is 1. The normalized spacial score (nSPS) is 10.5. The molecule has 166 valence electrons. The second kappa shape index (κ2) is 11.3. The minimum Gasteiger partial charge on any atom is -0.494 e. The monoisotopic (exact) mass is 448 g/mol. The lowest BCUT2D eigenvalue weighted by Crippen LogP contribution is -2.28. The zero-order valence-corrected chi connectivity index (χ0v) is 18.5. The molecule has 0 atom stereocenters. The molecule has 0 radical (unpaired) electrons. The fourth-order valence-corrected chi connectivity index (χ4v) is 3.16. The van der Waals surface area contributed by atoms with Gasteiger partial charge in [-0.2, -0.15) is 0 Å². The highest BCUT2D eigenvalue weighted by Gasteiger charge is 2.24. The van der Waals surface area contributed by atoms with Gasteiger partial charge in [0.05, 0.1) is 24.1 Å². The van der Waals surface area contributed by atoms with Gasteiger partial charge >= 0.3 is 5.97 Å². The second-order valence-corrected chi connectivity index (χ2v) is 7.32. The Bertz CT molecular complexity index is 963. The van der Waals surface area contributed by atoms with Crippen LogP contribution in [-0.2, 0) is 16.1 Å². The van der Waals surface area contributed by atoms with Crippen molar-refractivity contribution < 1.29 is 24.0 Å². The molecule has 2 aromatic rings. The number of nitro benzene ring substituents is 1. The molecule has 0 aromatic heterocycles. The van der Waals surface area contributed by atoms with Gasteiger partial charge in [-0.15, -0.1) is 0 Å². The molecule has 0 aliphatic heterocycles. The number of amides is 1. The fraction of sp³-hybridized carbons (Fsp3) is 0.364. The van der Waals surface area contributed by atoms with Crippen LogP contribution in [0.4, 0.5) is 11.4 Å². The molecule has 9 heteroatoms. The van der Waals surface area contributed by atoms with Crippen LogP contribution in [-0.4, -0.2) is 23.4 Å². The van der Waals surface area contributed by atoms with E-state index in [0.717, 1.165) is 25.3 Å². The lowest BCUT2D eigenvalue weighted by Gasteiger charge is -2.22. The minimum absolute atomic E-state index is 0.0223. The van der Waals surface area contributed by atoms with Crippen LogP contribution in [0.5, 0.6) is 11.5 Å². The van der Waals surface area contributed by atoms with Gasteiger partial charge < -0.3 is 14.4 Å². The van der Waals surface area contributed by atoms with Gasteiger partial charge in [0.1, 0.15) is 17.2 Å². The summed E-state index contributed by atoms with van der Waals surface area (Å²) in [6.45, 7) is 5.23. The number of nitrogens with zero attached hydrogens (tertiary/aromatic N) is 2. The van der Waals surface area contributed by atoms with Gasteiger partial charge in [-0.1, -0.05) is 37.4 Å². The molecular formula is C22H25ClN2O6. The number of hydrogen-bond acceptors (Lipinski definition) is 6. The van der Waals surface area contributed by atoms with Crippen molar-refractivity contribution in [2.45, 2.75) is 46.6 Å². The summed E-state index contributed by atoms with van der Waals surface area (Å²) in [7, 11) is 0. The van der Waals surface area contributed by atoms with Gasteiger partial charge in [-0.05, 0) is 36.2 Å². The minimum atomic E-state index is -0.632. The van der Waals surface area contributed by atoms with Crippen molar-refractivity contribution in [3.05, 3.63) is 57.1 Å². The molecule has 31 heavy (non-hydrogen) atoms. The van der Waals surface area contributed by atoms with E-state index in [1.54, 1.807) is 18.2 Å². The van der Waals surface area contributed by atoms with Crippen molar-refractivity contribution >= 4 is 34.9 Å². The molecule has 0 aliphatic rings. The number of hydrogen-bond donors (Lipinski definition) is 0. The third-order valence-electron chi connectivity index (χ3n) is 4.45. The number of halogens is 1. The summed E-state index contributed by atoms with van der Waals surface area (Å²) >= 11 is 6.38. The van der Waals surface area contributed by atoms with Gasteiger partial charge in [0.25, 0.3) is 5.69 Å². The van der Waals surface area contributed by atoms with Gasteiger partial charge in [0.15, 0.2) is 0 Å². The van der Waals surface area contributed by atoms with Crippen molar-refractivity contribution in [2.75, 3.05) is 11.5 Å². The Kier molecular flexibility index (Phi) is 8.81. The Balaban J connectivity index is 2.28. The summed E-state index contributed by atoms with van der Waals surface area (Å²) in [5, 5.41) is 12.0. The maximum atomic E-state index is 12.3. The molecule has 2 aromatic carbocycles. The number of rotatable bonds is 10. The first-order valence-electron chi connectivity index (χ1n) is 9.89. The number of benzene rings is 2. The maximum absolute atomic E-state index is 12.3. The van der Waals surface area contributed by atoms with Crippen LogP contribution >= 0.6 is 11.6 Å². The number of ether oxygens (including phenoxy) is 2. The lowest BCUT2D eigenvalue weighted by molar-refractivity contribution is -0.384. The highest BCUT2D eigenvalue weighted by Crippen LogP contribution is 2.34. The van der Waals surface area contributed by atoms with E-state index in [1.165, 1.54) is 30.9 Å². The molecule has 8 nitrogen and oxygen atoms in total. The highest BCUT2D eigenvalue weighted by atomic mass is 35.5. The van der Waals surface area contributed by atoms with Crippen molar-refractivity contribution in [1.82, 2.24) is 0 Å². The molecule has 0 saturated carbocycles. The maximum Gasteiger partial charge on any atom is 0.308 e. The Labute approximate surface area is 185 Å². The Morgan fingerprint density at radius 3 is 2.39 bits per heavy atom. The molecule has 0 bridgehead atoms. The molecule has 0 N–H and O–H groups in total. The largest absolute Gasteiger partial charge is 0.494 e. The predicted octanol–water partition coefficient (Wildman–Crippen LogP) is 5.30. The average molecular weight is 449 g/mol. The quantitative estimate of drug-likeness (QED) is 0.161. The van der Waals surface area contributed by atoms with Gasteiger partial charge in [-0.3, -0.25) is 19.7 Å². The van der Waals surface area contributed by atoms with Crippen LogP contribution in [0.3, 0.4) is 0 Å². The third kappa shape index (κ3) is 6.96. The van der Waals surface area contributed by atoms with Gasteiger partial charge in [0, 0.05) is 18.9 Å². The Hall–Kier alpha value is -3.13. The van der Waals surface area contributed by atoms with Crippen LogP contribution in [0.2, 0.25) is 5.02 Å². The second-order valence-electron chi connectivity index (χ2n) is 6.92. The molecule has 1 amide bonds. The van der Waals surface area contributed by atoms with Crippen LogP contribution < -0.4 is 14.4 Å². The molecule has 0 unspecified atom stereocenters. The Morgan fingerprint density at radius 1 is 1.10 bits per heavy atom. The highest BCUT2D eigenvalue weighted by molar-refractivity contribution is 6.31. The number of anilines is 1. The number of carbonyl (C=O) groups is 2. The van der Waals surface area contributed by atoms with Crippen LogP contribution in [0, 0.1) is 10.1 Å². The summed E-state index contributed by atoms with van der Waals surface area (Å²) in [6, 6.07) is 9.03. The SMILES string of the molecule is CCCCCOc1ccc(CN(C(C)=O)c2ccc(OC(C)=O)cc2[N+](=O)[O-])c(Cl)c1. The molecular weight excluding hydrogens is 424 g/mol. The van der Waals surface area contributed by atoms with Crippen molar-refractivity contribution in [2.24, 2.45) is 0 Å². The zero-order chi connectivity index (χ0) is 23.0. The zero-order valence-electron chi connectivity index (χ0n) is 17.7. The summed E-state index contributed by atoms with van der Waals surface area (Å²) in [5.74, 6) is -0.362. The van der Waals surface area contributed by atoms with E-state index in [-0.39, 0.29) is 23.7 Å². The molecule has 0 saturated heterocycles. The summed E-state index contributed by atoms with van der Waals surface area (Å²) in [6.07, 6.45) is 3.12. The molecule has 0 fully saturated rings. The van der Waals surface area contributed by atoms with Gasteiger partial charge in [-0.25, -0.2) is 0 Å². The number of unbranched alkanes of at least 4 members (excludes halogenated alkanes) is 2. The van der Waals surface area contributed by atoms with E-state index in [4.69, 9.17) is 21.1 Å². The van der Waals surface area contributed by atoms with E-state index in [2.05, 4.69) is 6.92 Å². The van der Waals surface area contributed by atoms with E-state index in [0.29, 0.717) is 22.9 Å². The van der Waals surface area contributed by atoms with Crippen molar-refractivity contribution in [3.8, 4) is 11.5 Å².